The highest BCUT2D eigenvalue weighted by Crippen LogP contribution is 2.09. The molecule has 0 saturated heterocycles. The smallest absolute Gasteiger partial charge is 0.0772 e. The summed E-state index contributed by atoms with van der Waals surface area (Å²) in [6.45, 7) is 0. The molecule has 0 radical (unpaired) electrons. The molecule has 0 spiro atoms. The molecule has 2 heterocycles. The van der Waals surface area contributed by atoms with Gasteiger partial charge in [-0.05, 0) is 71.4 Å². The zero-order valence-corrected chi connectivity index (χ0v) is 16.5. The van der Waals surface area contributed by atoms with Crippen molar-refractivity contribution in [1.29, 1.82) is 0 Å². The molecule has 2 heteroatoms. The molecule has 0 saturated carbocycles. The topological polar surface area (TPSA) is 0 Å². The fourth-order valence-electron chi connectivity index (χ4n) is 2.39. The highest BCUT2D eigenvalue weighted by molar-refractivity contribution is 7.10. The Morgan fingerprint density at radius 1 is 0.393 bits per heavy atom. The zero-order valence-electron chi connectivity index (χ0n) is 14.9. The monoisotopic (exact) mass is 390 g/mol. The average molecular weight is 391 g/mol. The van der Waals surface area contributed by atoms with Crippen LogP contribution in [0.5, 0.6) is 0 Å². The van der Waals surface area contributed by atoms with E-state index in [1.807, 2.05) is 83.6 Å². The van der Waals surface area contributed by atoms with Gasteiger partial charge in [-0.1, -0.05) is 47.7 Å². The molecule has 130 valence electrons. The highest BCUT2D eigenvalue weighted by atomic mass is 32.1. The van der Waals surface area contributed by atoms with E-state index in [0.717, 1.165) is 32.0 Å². The maximum absolute atomic E-state index is 3.20. The van der Waals surface area contributed by atoms with E-state index in [2.05, 4.69) is 35.5 Å². The summed E-state index contributed by atoms with van der Waals surface area (Å²) >= 11 is 3.30. The molecule has 0 bridgehead atoms. The molecule has 2 aromatic carbocycles. The quantitative estimate of drug-likeness (QED) is 0.323. The molecule has 0 nitrogen and oxygen atoms in total. The molecule has 0 N–H and O–H groups in total. The van der Waals surface area contributed by atoms with Crippen molar-refractivity contribution in [3.8, 4) is 35.5 Å². The predicted octanol–water partition coefficient (Wildman–Crippen LogP) is 6.01. The van der Waals surface area contributed by atoms with Crippen LogP contribution >= 0.6 is 22.7 Å². The molecule has 0 aliphatic heterocycles. The van der Waals surface area contributed by atoms with E-state index in [-0.39, 0.29) is 0 Å². The van der Waals surface area contributed by atoms with Crippen LogP contribution in [0.1, 0.15) is 32.0 Å². The van der Waals surface area contributed by atoms with Crippen molar-refractivity contribution in [3.63, 3.8) is 0 Å². The maximum atomic E-state index is 3.20. The largest absolute Gasteiger partial charge is 0.135 e. The van der Waals surface area contributed by atoms with Crippen molar-refractivity contribution in [2.45, 2.75) is 0 Å². The molecular formula is C26H14S2. The Bertz CT molecular complexity index is 1120. The molecule has 4 rings (SSSR count). The molecule has 0 fully saturated rings. The first kappa shape index (κ1) is 17.9. The van der Waals surface area contributed by atoms with Crippen LogP contribution in [0.25, 0.3) is 0 Å². The first-order valence-corrected chi connectivity index (χ1v) is 10.4. The molecule has 28 heavy (non-hydrogen) atoms. The van der Waals surface area contributed by atoms with Gasteiger partial charge >= 0.3 is 0 Å². The summed E-state index contributed by atoms with van der Waals surface area (Å²) in [7, 11) is 0. The lowest BCUT2D eigenvalue weighted by Crippen LogP contribution is -1.79. The van der Waals surface area contributed by atoms with Crippen LogP contribution in [0, 0.1) is 35.5 Å². The van der Waals surface area contributed by atoms with Crippen LogP contribution in [-0.2, 0) is 0 Å². The fraction of sp³-hybridized carbons (Fsp3) is 0. The van der Waals surface area contributed by atoms with E-state index in [9.17, 15) is 0 Å². The summed E-state index contributed by atoms with van der Waals surface area (Å²) < 4.78 is 0. The minimum absolute atomic E-state index is 0.975. The molecule has 4 aromatic rings. The van der Waals surface area contributed by atoms with Crippen molar-refractivity contribution in [2.75, 3.05) is 0 Å². The van der Waals surface area contributed by atoms with Gasteiger partial charge in [-0.3, -0.25) is 0 Å². The molecule has 0 atom stereocenters. The Labute approximate surface area is 173 Å². The van der Waals surface area contributed by atoms with E-state index < -0.39 is 0 Å². The van der Waals surface area contributed by atoms with E-state index in [4.69, 9.17) is 0 Å². The number of hydrogen-bond donors (Lipinski definition) is 0. The zero-order chi connectivity index (χ0) is 19.0. The number of rotatable bonds is 0. The van der Waals surface area contributed by atoms with Crippen LogP contribution in [0.4, 0.5) is 0 Å². The van der Waals surface area contributed by atoms with E-state index in [1.165, 1.54) is 0 Å². The summed E-state index contributed by atoms with van der Waals surface area (Å²) in [6, 6.07) is 24.1. The molecule has 0 unspecified atom stereocenters. The third-order valence-electron chi connectivity index (χ3n) is 3.82. The third kappa shape index (κ3) is 5.03. The molecule has 0 aliphatic carbocycles. The third-order valence-corrected chi connectivity index (χ3v) is 5.39. The van der Waals surface area contributed by atoms with Gasteiger partial charge in [-0.25, -0.2) is 0 Å². The number of thiophene rings is 2. The lowest BCUT2D eigenvalue weighted by Gasteiger charge is -1.93. The van der Waals surface area contributed by atoms with Gasteiger partial charge in [0.15, 0.2) is 0 Å². The van der Waals surface area contributed by atoms with Crippen molar-refractivity contribution in [3.05, 3.63) is 116 Å². The maximum Gasteiger partial charge on any atom is 0.0772 e. The SMILES string of the molecule is C(#Cc1ccc(C#Cc2cccs2)cc1)c1ccc(C#Cc2cccs2)cc1. The van der Waals surface area contributed by atoms with Crippen molar-refractivity contribution in [1.82, 2.24) is 0 Å². The second-order valence-electron chi connectivity index (χ2n) is 5.86. The lowest BCUT2D eigenvalue weighted by molar-refractivity contribution is 1.58. The van der Waals surface area contributed by atoms with E-state index in [0.29, 0.717) is 0 Å². The molecular weight excluding hydrogens is 376 g/mol. The van der Waals surface area contributed by atoms with Gasteiger partial charge in [0.1, 0.15) is 0 Å². The van der Waals surface area contributed by atoms with Gasteiger partial charge in [0.05, 0.1) is 9.75 Å². The predicted molar refractivity (Wildman–Crippen MR) is 119 cm³/mol. The number of hydrogen-bond acceptors (Lipinski definition) is 2. The summed E-state index contributed by atoms with van der Waals surface area (Å²) in [5, 5.41) is 4.07. The Balaban J connectivity index is 1.42. The van der Waals surface area contributed by atoms with Gasteiger partial charge in [-0.2, -0.15) is 0 Å². The van der Waals surface area contributed by atoms with Crippen LogP contribution in [0.15, 0.2) is 83.6 Å². The van der Waals surface area contributed by atoms with Crippen molar-refractivity contribution in [2.24, 2.45) is 0 Å². The second kappa shape index (κ2) is 8.94. The van der Waals surface area contributed by atoms with Crippen LogP contribution in [0.2, 0.25) is 0 Å². The van der Waals surface area contributed by atoms with Gasteiger partial charge in [0.2, 0.25) is 0 Å². The first-order chi connectivity index (χ1) is 13.8. The van der Waals surface area contributed by atoms with Gasteiger partial charge in [-0.15, -0.1) is 22.7 Å². The molecule has 0 amide bonds. The van der Waals surface area contributed by atoms with Crippen LogP contribution in [0.3, 0.4) is 0 Å². The Morgan fingerprint density at radius 2 is 0.714 bits per heavy atom. The minimum atomic E-state index is 0.975. The van der Waals surface area contributed by atoms with Gasteiger partial charge in [0.25, 0.3) is 0 Å². The summed E-state index contributed by atoms with van der Waals surface area (Å²) in [5.74, 6) is 19.1. The standard InChI is InChI=1S/C26H14S2/c1-3-25(27-19-1)17-15-23-11-7-21(8-12-23)5-6-22-9-13-24(14-10-22)16-18-26-4-2-20-28-26/h1-4,7-14,19-20H. The lowest BCUT2D eigenvalue weighted by atomic mass is 10.1. The Morgan fingerprint density at radius 3 is 1.00 bits per heavy atom. The number of benzene rings is 2. The summed E-state index contributed by atoms with van der Waals surface area (Å²) in [6.07, 6.45) is 0. The Hall–Kier alpha value is -3.48. The fourth-order valence-corrected chi connectivity index (χ4v) is 3.53. The highest BCUT2D eigenvalue weighted by Gasteiger charge is 1.92. The van der Waals surface area contributed by atoms with Crippen molar-refractivity contribution < 1.29 is 0 Å². The summed E-state index contributed by atoms with van der Waals surface area (Å²) in [5.41, 5.74) is 3.94. The van der Waals surface area contributed by atoms with Crippen LogP contribution < -0.4 is 0 Å². The Kier molecular flexibility index (Phi) is 5.72. The van der Waals surface area contributed by atoms with Gasteiger partial charge < -0.3 is 0 Å². The van der Waals surface area contributed by atoms with Crippen LogP contribution in [-0.4, -0.2) is 0 Å². The molecule has 0 aliphatic rings. The van der Waals surface area contributed by atoms with Gasteiger partial charge in [0, 0.05) is 22.3 Å². The molecule has 2 aromatic heterocycles. The first-order valence-electron chi connectivity index (χ1n) is 8.68. The second-order valence-corrected chi connectivity index (χ2v) is 7.75. The van der Waals surface area contributed by atoms with E-state index in [1.54, 1.807) is 22.7 Å². The van der Waals surface area contributed by atoms with Crippen molar-refractivity contribution >= 4 is 22.7 Å². The average Bonchev–Trinajstić information content (AvgIpc) is 3.45. The minimum Gasteiger partial charge on any atom is -0.135 e. The normalized spacial score (nSPS) is 9.29. The summed E-state index contributed by atoms with van der Waals surface area (Å²) in [4.78, 5) is 2.15. The van der Waals surface area contributed by atoms with E-state index >= 15 is 0 Å².